The van der Waals surface area contributed by atoms with E-state index in [1.165, 1.54) is 41.0 Å². The van der Waals surface area contributed by atoms with E-state index in [1.54, 1.807) is 0 Å². The quantitative estimate of drug-likeness (QED) is 0.568. The second-order valence-corrected chi connectivity index (χ2v) is 6.35. The highest BCUT2D eigenvalue weighted by atomic mass is 35.5. The summed E-state index contributed by atoms with van der Waals surface area (Å²) in [5.41, 5.74) is -0.599. The fourth-order valence-corrected chi connectivity index (χ4v) is 3.19. The van der Waals surface area contributed by atoms with Crippen LogP contribution in [-0.4, -0.2) is 22.3 Å². The van der Waals surface area contributed by atoms with E-state index in [9.17, 15) is 22.4 Å². The Morgan fingerprint density at radius 2 is 1.93 bits per heavy atom. The van der Waals surface area contributed by atoms with E-state index in [-0.39, 0.29) is 28.3 Å². The van der Waals surface area contributed by atoms with Gasteiger partial charge in [0.2, 0.25) is 0 Å². The summed E-state index contributed by atoms with van der Waals surface area (Å²) < 4.78 is 69.6. The summed E-state index contributed by atoms with van der Waals surface area (Å²) in [5.74, 6) is -1.20. The monoisotopic (exact) mass is 401 g/mol. The van der Waals surface area contributed by atoms with E-state index in [4.69, 9.17) is 19.4 Å². The number of carboxylic acid groups (broad SMARTS) is 1. The minimum absolute atomic E-state index is 0.0491. The second-order valence-electron chi connectivity index (χ2n) is 5.91. The summed E-state index contributed by atoms with van der Waals surface area (Å²) in [6, 6.07) is 8.68. The molecule has 2 aromatic carbocycles. The van der Waals surface area contributed by atoms with Gasteiger partial charge >= 0.3 is 12.1 Å². The summed E-state index contributed by atoms with van der Waals surface area (Å²) in [6.45, 7) is -3.88. The zero-order valence-electron chi connectivity index (χ0n) is 15.6. The number of rotatable bonds is 5. The summed E-state index contributed by atoms with van der Waals surface area (Å²) in [6.07, 6.45) is -4.94. The van der Waals surface area contributed by atoms with Crippen molar-refractivity contribution in [2.45, 2.75) is 19.1 Å². The fraction of sp³-hybridized carbons (Fsp3) is 0.211. The molecule has 1 aromatic heterocycles. The van der Waals surface area contributed by atoms with Gasteiger partial charge in [-0.15, -0.1) is 0 Å². The topological polar surface area (TPSA) is 42.2 Å². The van der Waals surface area contributed by atoms with Crippen molar-refractivity contribution < 1.29 is 30.2 Å². The molecule has 3 aromatic rings. The molecular weight excluding hydrogens is 386 g/mol. The highest BCUT2D eigenvalue weighted by Crippen LogP contribution is 2.35. The van der Waals surface area contributed by atoms with Gasteiger partial charge in [0.25, 0.3) is 0 Å². The van der Waals surface area contributed by atoms with Crippen LogP contribution in [0, 0.1) is 0 Å². The Kier molecular flexibility index (Phi) is 4.45. The lowest BCUT2D eigenvalue weighted by Crippen LogP contribution is -2.11. The predicted octanol–water partition coefficient (Wildman–Crippen LogP) is 5.57. The molecule has 0 unspecified atom stereocenters. The number of alkyl halides is 4. The van der Waals surface area contributed by atoms with Gasteiger partial charge in [-0.1, -0.05) is 17.7 Å². The molecule has 0 bridgehead atoms. The Labute approximate surface area is 159 Å². The predicted molar refractivity (Wildman–Crippen MR) is 94.1 cm³/mol. The smallest absolute Gasteiger partial charge is 0.416 e. The van der Waals surface area contributed by atoms with Crippen LogP contribution in [0.1, 0.15) is 29.9 Å². The first kappa shape index (κ1) is 16.6. The van der Waals surface area contributed by atoms with Crippen LogP contribution in [0.3, 0.4) is 0 Å². The number of halogens is 5. The van der Waals surface area contributed by atoms with Crippen molar-refractivity contribution in [1.29, 1.82) is 0 Å². The van der Waals surface area contributed by atoms with E-state index in [1.807, 2.05) is 0 Å². The van der Waals surface area contributed by atoms with Crippen LogP contribution >= 0.6 is 11.6 Å². The Morgan fingerprint density at radius 1 is 1.19 bits per heavy atom. The summed E-state index contributed by atoms with van der Waals surface area (Å²) in [4.78, 5) is 11.2. The number of nitrogens with zero attached hydrogens (tertiary/aromatic N) is 1. The van der Waals surface area contributed by atoms with E-state index in [0.29, 0.717) is 10.9 Å². The molecule has 8 heteroatoms. The number of hydrogen-bond donors (Lipinski definition) is 1. The molecule has 0 atom stereocenters. The number of aryl methyl sites for hydroxylation is 1. The molecule has 0 aliphatic rings. The Balaban J connectivity index is 2.16. The molecule has 3 nitrogen and oxygen atoms in total. The highest BCUT2D eigenvalue weighted by molar-refractivity contribution is 6.30. The lowest BCUT2D eigenvalue weighted by atomic mass is 10.0. The molecular formula is C19H14ClF4NO2. The number of aromatic carboxylic acids is 1. The third-order valence-electron chi connectivity index (χ3n) is 4.20. The first-order valence-corrected chi connectivity index (χ1v) is 8.13. The number of hydrogen-bond acceptors (Lipinski definition) is 1. The van der Waals surface area contributed by atoms with Crippen LogP contribution in [-0.2, 0) is 19.1 Å². The standard InChI is InChI=1S/C19H14ClF4NO2/c20-14-3-1-11(16(10-14)19(22,23)24)8-15-9-13-7-12(18(26)27)2-4-17(13)25(15)6-5-21/h1-4,7,9-10H,5-6,8H2,(H,26,27)/i5D2. The maximum Gasteiger partial charge on any atom is 0.416 e. The summed E-state index contributed by atoms with van der Waals surface area (Å²) in [7, 11) is 0. The third-order valence-corrected chi connectivity index (χ3v) is 4.44. The highest BCUT2D eigenvalue weighted by Gasteiger charge is 2.33. The fourth-order valence-electron chi connectivity index (χ4n) is 3.02. The van der Waals surface area contributed by atoms with Crippen molar-refractivity contribution in [2.24, 2.45) is 0 Å². The maximum atomic E-state index is 13.7. The van der Waals surface area contributed by atoms with E-state index in [0.717, 1.165) is 6.07 Å². The molecule has 0 fully saturated rings. The molecule has 1 heterocycles. The zero-order valence-corrected chi connectivity index (χ0v) is 14.4. The molecule has 0 radical (unpaired) electrons. The SMILES string of the molecule is [2H]C([2H])(F)Cn1c(Cc2ccc(Cl)cc2C(F)(F)F)cc2cc(C(=O)O)ccc21. The van der Waals surface area contributed by atoms with E-state index >= 15 is 0 Å². The molecule has 0 spiro atoms. The van der Waals surface area contributed by atoms with Gasteiger partial charge in [-0.05, 0) is 42.0 Å². The Hall–Kier alpha value is -2.54. The summed E-state index contributed by atoms with van der Waals surface area (Å²) in [5, 5.41) is 9.39. The molecule has 0 aliphatic carbocycles. The Morgan fingerprint density at radius 3 is 2.56 bits per heavy atom. The van der Waals surface area contributed by atoms with Gasteiger partial charge in [-0.3, -0.25) is 0 Å². The molecule has 1 N–H and O–H groups in total. The van der Waals surface area contributed by atoms with Crippen LogP contribution in [0.2, 0.25) is 5.02 Å². The minimum atomic E-state index is -4.66. The molecule has 142 valence electrons. The van der Waals surface area contributed by atoms with E-state index < -0.39 is 30.9 Å². The normalized spacial score (nSPS) is 13.5. The third kappa shape index (κ3) is 3.93. The van der Waals surface area contributed by atoms with Crippen molar-refractivity contribution >= 4 is 28.5 Å². The number of benzene rings is 2. The number of carboxylic acids is 1. The average molecular weight is 402 g/mol. The number of fused-ring (bicyclic) bond motifs is 1. The van der Waals surface area contributed by atoms with Crippen LogP contribution in [0.15, 0.2) is 42.5 Å². The van der Waals surface area contributed by atoms with Crippen LogP contribution in [0.4, 0.5) is 17.6 Å². The number of aromatic nitrogens is 1. The second kappa shape index (κ2) is 7.23. The number of carbonyl (C=O) groups is 1. The summed E-state index contributed by atoms with van der Waals surface area (Å²) >= 11 is 5.70. The van der Waals surface area contributed by atoms with Crippen molar-refractivity contribution in [3.63, 3.8) is 0 Å². The lowest BCUT2D eigenvalue weighted by molar-refractivity contribution is -0.138. The van der Waals surface area contributed by atoms with Gasteiger partial charge < -0.3 is 9.67 Å². The molecule has 0 saturated carbocycles. The van der Waals surface area contributed by atoms with Gasteiger partial charge in [0.1, 0.15) is 6.63 Å². The molecule has 0 aliphatic heterocycles. The van der Waals surface area contributed by atoms with Gasteiger partial charge in [-0.25, -0.2) is 9.18 Å². The first-order chi connectivity index (χ1) is 13.3. The molecule has 27 heavy (non-hydrogen) atoms. The average Bonchev–Trinajstić information content (AvgIpc) is 2.90. The van der Waals surface area contributed by atoms with Crippen molar-refractivity contribution in [1.82, 2.24) is 4.57 Å². The largest absolute Gasteiger partial charge is 0.478 e. The van der Waals surface area contributed by atoms with Crippen molar-refractivity contribution in [3.8, 4) is 0 Å². The zero-order chi connectivity index (χ0) is 21.6. The van der Waals surface area contributed by atoms with E-state index in [2.05, 4.69) is 0 Å². The lowest BCUT2D eigenvalue weighted by Gasteiger charge is -2.15. The maximum absolute atomic E-state index is 13.7. The van der Waals surface area contributed by atoms with Crippen LogP contribution in [0.25, 0.3) is 10.9 Å². The van der Waals surface area contributed by atoms with Crippen LogP contribution in [0.5, 0.6) is 0 Å². The van der Waals surface area contributed by atoms with Gasteiger partial charge in [0.15, 0.2) is 0 Å². The Bertz CT molecular complexity index is 1090. The first-order valence-electron chi connectivity index (χ1n) is 8.75. The molecule has 0 amide bonds. The van der Waals surface area contributed by atoms with Gasteiger partial charge in [0, 0.05) is 28.0 Å². The minimum Gasteiger partial charge on any atom is -0.478 e. The van der Waals surface area contributed by atoms with Crippen molar-refractivity contribution in [2.75, 3.05) is 6.63 Å². The van der Waals surface area contributed by atoms with Crippen LogP contribution < -0.4 is 0 Å². The van der Waals surface area contributed by atoms with Gasteiger partial charge in [-0.2, -0.15) is 13.2 Å². The van der Waals surface area contributed by atoms with Crippen molar-refractivity contribution in [3.05, 3.63) is 69.9 Å². The molecule has 0 saturated heterocycles. The molecule has 3 rings (SSSR count). The van der Waals surface area contributed by atoms with Gasteiger partial charge in [0.05, 0.1) is 20.4 Å².